The van der Waals surface area contributed by atoms with Gasteiger partial charge in [0.1, 0.15) is 0 Å². The summed E-state index contributed by atoms with van der Waals surface area (Å²) in [5, 5.41) is 16.4. The third kappa shape index (κ3) is 3.72. The molecule has 0 aliphatic rings. The molecule has 0 aromatic rings. The molecule has 1 atom stereocenters. The minimum atomic E-state index is -0.245. The summed E-state index contributed by atoms with van der Waals surface area (Å²) in [4.78, 5) is 0. The fourth-order valence-electron chi connectivity index (χ4n) is 0.257. The molecule has 0 saturated carbocycles. The van der Waals surface area contributed by atoms with E-state index in [1.54, 1.807) is 0 Å². The fourth-order valence-corrected chi connectivity index (χ4v) is 0.257. The standard InChI is InChI=1S/C4H11NO2/c5-4(3-7)1-2-6/h4,6-7H,1-3,5H2/t4-/m1/s1. The molecule has 0 aromatic heterocycles. The number of nitrogens with two attached hydrogens (primary N) is 1. The highest BCUT2D eigenvalue weighted by Crippen LogP contribution is 1.80. The molecule has 0 rings (SSSR count). The Morgan fingerprint density at radius 1 is 1.43 bits per heavy atom. The highest BCUT2D eigenvalue weighted by atomic mass is 16.3. The van der Waals surface area contributed by atoms with Gasteiger partial charge in [-0.25, -0.2) is 0 Å². The van der Waals surface area contributed by atoms with E-state index in [2.05, 4.69) is 0 Å². The second-order valence-electron chi connectivity index (χ2n) is 1.45. The Kier molecular flexibility index (Phi) is 3.98. The van der Waals surface area contributed by atoms with Gasteiger partial charge in [0.05, 0.1) is 6.61 Å². The van der Waals surface area contributed by atoms with Crippen LogP contribution >= 0.6 is 0 Å². The summed E-state index contributed by atoms with van der Waals surface area (Å²) in [5.41, 5.74) is 5.17. The van der Waals surface area contributed by atoms with Crippen LogP contribution in [0.4, 0.5) is 0 Å². The molecular formula is C4H11NO2. The Morgan fingerprint density at radius 3 is 2.14 bits per heavy atom. The average molecular weight is 105 g/mol. The first-order valence-corrected chi connectivity index (χ1v) is 2.28. The van der Waals surface area contributed by atoms with Crippen molar-refractivity contribution in [3.05, 3.63) is 0 Å². The molecule has 0 aromatic carbocycles. The number of hydrogen-bond acceptors (Lipinski definition) is 3. The SMILES string of the molecule is N[C@@H](CO)CCO. The van der Waals surface area contributed by atoms with Crippen LogP contribution in [0.25, 0.3) is 0 Å². The Labute approximate surface area is 42.8 Å². The third-order valence-electron chi connectivity index (χ3n) is 0.734. The number of aliphatic hydroxyl groups excluding tert-OH is 2. The lowest BCUT2D eigenvalue weighted by Crippen LogP contribution is -2.25. The van der Waals surface area contributed by atoms with Gasteiger partial charge in [-0.15, -0.1) is 0 Å². The lowest BCUT2D eigenvalue weighted by molar-refractivity contribution is 0.221. The van der Waals surface area contributed by atoms with Gasteiger partial charge in [0.2, 0.25) is 0 Å². The van der Waals surface area contributed by atoms with Crippen LogP contribution in [0.15, 0.2) is 0 Å². The van der Waals surface area contributed by atoms with E-state index >= 15 is 0 Å². The van der Waals surface area contributed by atoms with Crippen LogP contribution in [0.1, 0.15) is 6.42 Å². The molecule has 0 fully saturated rings. The normalized spacial score (nSPS) is 14.1. The van der Waals surface area contributed by atoms with E-state index in [0.717, 1.165) is 0 Å². The summed E-state index contributed by atoms with van der Waals surface area (Å²) in [6.45, 7) is 0.0162. The van der Waals surface area contributed by atoms with Crippen molar-refractivity contribution < 1.29 is 10.2 Å². The van der Waals surface area contributed by atoms with Gasteiger partial charge >= 0.3 is 0 Å². The molecular weight excluding hydrogens is 94.0 g/mol. The van der Waals surface area contributed by atoms with Crippen molar-refractivity contribution in [1.82, 2.24) is 0 Å². The van der Waals surface area contributed by atoms with Crippen LogP contribution in [0.5, 0.6) is 0 Å². The van der Waals surface area contributed by atoms with Gasteiger partial charge in [-0.05, 0) is 6.42 Å². The molecule has 0 radical (unpaired) electrons. The van der Waals surface area contributed by atoms with Crippen molar-refractivity contribution in [2.24, 2.45) is 5.73 Å². The second kappa shape index (κ2) is 4.05. The molecule has 3 nitrogen and oxygen atoms in total. The molecule has 7 heavy (non-hydrogen) atoms. The molecule has 0 unspecified atom stereocenters. The zero-order valence-corrected chi connectivity index (χ0v) is 4.17. The van der Waals surface area contributed by atoms with Gasteiger partial charge in [-0.1, -0.05) is 0 Å². The molecule has 3 heteroatoms. The van der Waals surface area contributed by atoms with E-state index < -0.39 is 0 Å². The van der Waals surface area contributed by atoms with Gasteiger partial charge in [0.25, 0.3) is 0 Å². The van der Waals surface area contributed by atoms with E-state index in [-0.39, 0.29) is 19.3 Å². The minimum Gasteiger partial charge on any atom is -0.396 e. The van der Waals surface area contributed by atoms with E-state index in [9.17, 15) is 0 Å². The van der Waals surface area contributed by atoms with Crippen molar-refractivity contribution in [2.45, 2.75) is 12.5 Å². The molecule has 0 saturated heterocycles. The molecule has 0 bridgehead atoms. The molecule has 4 N–H and O–H groups in total. The Morgan fingerprint density at radius 2 is 2.00 bits per heavy atom. The van der Waals surface area contributed by atoms with Crippen LogP contribution < -0.4 is 5.73 Å². The maximum absolute atomic E-state index is 8.23. The average Bonchev–Trinajstić information content (AvgIpc) is 1.68. The smallest absolute Gasteiger partial charge is 0.0583 e. The number of hydrogen-bond donors (Lipinski definition) is 3. The van der Waals surface area contributed by atoms with Gasteiger partial charge in [-0.2, -0.15) is 0 Å². The third-order valence-corrected chi connectivity index (χ3v) is 0.734. The van der Waals surface area contributed by atoms with Gasteiger partial charge in [0.15, 0.2) is 0 Å². The molecule has 44 valence electrons. The topological polar surface area (TPSA) is 66.5 Å². The molecule has 0 aliphatic carbocycles. The zero-order chi connectivity index (χ0) is 5.70. The maximum Gasteiger partial charge on any atom is 0.0583 e. The number of aliphatic hydroxyl groups is 2. The summed E-state index contributed by atoms with van der Waals surface area (Å²) in [5.74, 6) is 0. The summed E-state index contributed by atoms with van der Waals surface area (Å²) in [7, 11) is 0. The Hall–Kier alpha value is -0.120. The first kappa shape index (κ1) is 6.88. The number of rotatable bonds is 3. The summed E-state index contributed by atoms with van der Waals surface area (Å²) >= 11 is 0. The van der Waals surface area contributed by atoms with Crippen molar-refractivity contribution >= 4 is 0 Å². The zero-order valence-electron chi connectivity index (χ0n) is 4.17. The van der Waals surface area contributed by atoms with Crippen LogP contribution in [-0.2, 0) is 0 Å². The van der Waals surface area contributed by atoms with Crippen molar-refractivity contribution in [2.75, 3.05) is 13.2 Å². The van der Waals surface area contributed by atoms with Gasteiger partial charge in [0, 0.05) is 12.6 Å². The molecule has 0 aliphatic heterocycles. The quantitative estimate of drug-likeness (QED) is 0.417. The first-order valence-electron chi connectivity index (χ1n) is 2.28. The van der Waals surface area contributed by atoms with E-state index in [4.69, 9.17) is 15.9 Å². The lowest BCUT2D eigenvalue weighted by Gasteiger charge is -2.01. The largest absolute Gasteiger partial charge is 0.396 e. The van der Waals surface area contributed by atoms with Crippen LogP contribution in [0.3, 0.4) is 0 Å². The maximum atomic E-state index is 8.23. The predicted octanol–water partition coefficient (Wildman–Crippen LogP) is -1.31. The van der Waals surface area contributed by atoms with Crippen LogP contribution in [0.2, 0.25) is 0 Å². The monoisotopic (exact) mass is 105 g/mol. The Bertz CT molecular complexity index is 40.7. The lowest BCUT2D eigenvalue weighted by atomic mass is 10.2. The van der Waals surface area contributed by atoms with Gasteiger partial charge < -0.3 is 15.9 Å². The van der Waals surface area contributed by atoms with E-state index in [1.165, 1.54) is 0 Å². The van der Waals surface area contributed by atoms with Crippen molar-refractivity contribution in [3.63, 3.8) is 0 Å². The molecule has 0 amide bonds. The van der Waals surface area contributed by atoms with Crippen LogP contribution in [-0.4, -0.2) is 29.5 Å². The molecule has 0 spiro atoms. The van der Waals surface area contributed by atoms with Crippen LogP contribution in [0, 0.1) is 0 Å². The van der Waals surface area contributed by atoms with E-state index in [1.807, 2.05) is 0 Å². The fraction of sp³-hybridized carbons (Fsp3) is 1.00. The first-order chi connectivity index (χ1) is 3.31. The minimum absolute atomic E-state index is 0.0411. The second-order valence-corrected chi connectivity index (χ2v) is 1.45. The van der Waals surface area contributed by atoms with E-state index in [0.29, 0.717) is 6.42 Å². The Balaban J connectivity index is 2.83. The molecule has 0 heterocycles. The van der Waals surface area contributed by atoms with Crippen molar-refractivity contribution in [1.29, 1.82) is 0 Å². The highest BCUT2D eigenvalue weighted by molar-refractivity contribution is 4.55. The summed E-state index contributed by atoms with van der Waals surface area (Å²) in [6.07, 6.45) is 0.483. The van der Waals surface area contributed by atoms with Crippen molar-refractivity contribution in [3.8, 4) is 0 Å². The summed E-state index contributed by atoms with van der Waals surface area (Å²) < 4.78 is 0. The summed E-state index contributed by atoms with van der Waals surface area (Å²) in [6, 6.07) is -0.245. The highest BCUT2D eigenvalue weighted by Gasteiger charge is 1.95. The predicted molar refractivity (Wildman–Crippen MR) is 26.8 cm³/mol. The van der Waals surface area contributed by atoms with Gasteiger partial charge in [-0.3, -0.25) is 0 Å².